The second-order valence-electron chi connectivity index (χ2n) is 6.36. The van der Waals surface area contributed by atoms with Gasteiger partial charge in [-0.25, -0.2) is 0 Å². The van der Waals surface area contributed by atoms with E-state index < -0.39 is 0 Å². The van der Waals surface area contributed by atoms with E-state index in [1.54, 1.807) is 0 Å². The Hall–Kier alpha value is -1.51. The first-order valence-corrected chi connectivity index (χ1v) is 7.65. The Bertz CT molecular complexity index is 471. The van der Waals surface area contributed by atoms with Crippen molar-refractivity contribution in [3.63, 3.8) is 0 Å². The Kier molecular flexibility index (Phi) is 4.69. The van der Waals surface area contributed by atoms with Crippen molar-refractivity contribution in [1.82, 2.24) is 5.32 Å². The van der Waals surface area contributed by atoms with E-state index in [4.69, 9.17) is 5.73 Å². The third-order valence-electron chi connectivity index (χ3n) is 4.18. The summed E-state index contributed by atoms with van der Waals surface area (Å²) in [6.45, 7) is 7.11. The summed E-state index contributed by atoms with van der Waals surface area (Å²) in [7, 11) is 0. The fraction of sp³-hybridized carbons (Fsp3) is 0.588. The molecule has 0 spiro atoms. The number of rotatable bonds is 4. The van der Waals surface area contributed by atoms with Gasteiger partial charge in [0.25, 0.3) is 0 Å². The molecule has 0 unspecified atom stereocenters. The van der Waals surface area contributed by atoms with E-state index in [1.165, 1.54) is 36.8 Å². The number of guanidine groups is 1. The molecule has 3 heteroatoms. The summed E-state index contributed by atoms with van der Waals surface area (Å²) >= 11 is 0. The molecule has 0 atom stereocenters. The average molecular weight is 273 g/mol. The summed E-state index contributed by atoms with van der Waals surface area (Å²) in [5, 5.41) is 3.17. The molecule has 1 aromatic rings. The van der Waals surface area contributed by atoms with Crippen LogP contribution < -0.4 is 11.1 Å². The van der Waals surface area contributed by atoms with E-state index in [9.17, 15) is 0 Å². The van der Waals surface area contributed by atoms with Crippen molar-refractivity contribution >= 4 is 5.96 Å². The lowest BCUT2D eigenvalue weighted by Crippen LogP contribution is -2.38. The van der Waals surface area contributed by atoms with Gasteiger partial charge in [-0.2, -0.15) is 0 Å². The van der Waals surface area contributed by atoms with E-state index in [-0.39, 0.29) is 5.41 Å². The van der Waals surface area contributed by atoms with Gasteiger partial charge in [-0.05, 0) is 39.2 Å². The van der Waals surface area contributed by atoms with Crippen LogP contribution in [0.1, 0.15) is 50.7 Å². The van der Waals surface area contributed by atoms with Gasteiger partial charge in [-0.3, -0.25) is 4.99 Å². The first-order valence-electron chi connectivity index (χ1n) is 7.65. The molecule has 0 heterocycles. The molecule has 0 radical (unpaired) electrons. The highest BCUT2D eigenvalue weighted by atomic mass is 15.1. The van der Waals surface area contributed by atoms with E-state index >= 15 is 0 Å². The minimum atomic E-state index is 0.190. The van der Waals surface area contributed by atoms with E-state index in [0.717, 1.165) is 6.54 Å². The minimum Gasteiger partial charge on any atom is -0.370 e. The van der Waals surface area contributed by atoms with Crippen LogP contribution in [0.4, 0.5) is 0 Å². The van der Waals surface area contributed by atoms with Gasteiger partial charge in [0.15, 0.2) is 5.96 Å². The van der Waals surface area contributed by atoms with Gasteiger partial charge in [0, 0.05) is 11.5 Å². The highest BCUT2D eigenvalue weighted by Gasteiger charge is 2.35. The fourth-order valence-corrected chi connectivity index (χ4v) is 3.14. The van der Waals surface area contributed by atoms with Crippen molar-refractivity contribution in [3.8, 4) is 0 Å². The first kappa shape index (κ1) is 14.9. The van der Waals surface area contributed by atoms with Crippen LogP contribution in [0.25, 0.3) is 0 Å². The highest BCUT2D eigenvalue weighted by Crippen LogP contribution is 2.41. The van der Waals surface area contributed by atoms with Crippen LogP contribution in [0, 0.1) is 6.92 Å². The smallest absolute Gasteiger partial charge is 0.188 e. The second kappa shape index (κ2) is 6.29. The first-order chi connectivity index (χ1) is 9.52. The third kappa shape index (κ3) is 3.53. The predicted molar refractivity (Wildman–Crippen MR) is 86.1 cm³/mol. The number of aryl methyl sites for hydroxylation is 1. The highest BCUT2D eigenvalue weighted by molar-refractivity contribution is 5.78. The van der Waals surface area contributed by atoms with Gasteiger partial charge in [0.2, 0.25) is 0 Å². The van der Waals surface area contributed by atoms with E-state index in [0.29, 0.717) is 12.0 Å². The van der Waals surface area contributed by atoms with E-state index in [1.807, 2.05) is 0 Å². The zero-order valence-corrected chi connectivity index (χ0v) is 12.9. The Balaban J connectivity index is 2.18. The minimum absolute atomic E-state index is 0.190. The molecule has 1 aliphatic rings. The lowest BCUT2D eigenvalue weighted by atomic mass is 9.78. The summed E-state index contributed by atoms with van der Waals surface area (Å²) in [6.07, 6.45) is 5.02. The van der Waals surface area contributed by atoms with Gasteiger partial charge in [-0.15, -0.1) is 0 Å². The maximum Gasteiger partial charge on any atom is 0.188 e. The van der Waals surface area contributed by atoms with Crippen LogP contribution in [-0.4, -0.2) is 18.5 Å². The Labute approximate surface area is 122 Å². The van der Waals surface area contributed by atoms with Crippen LogP contribution in [-0.2, 0) is 5.41 Å². The molecule has 2 rings (SSSR count). The Morgan fingerprint density at radius 3 is 2.65 bits per heavy atom. The quantitative estimate of drug-likeness (QED) is 0.654. The maximum absolute atomic E-state index is 5.96. The summed E-state index contributed by atoms with van der Waals surface area (Å²) in [5.74, 6) is 0.568. The summed E-state index contributed by atoms with van der Waals surface area (Å²) in [5.41, 5.74) is 8.90. The largest absolute Gasteiger partial charge is 0.370 e. The number of nitrogens with zero attached hydrogens (tertiary/aromatic N) is 1. The van der Waals surface area contributed by atoms with Gasteiger partial charge < -0.3 is 11.1 Å². The molecule has 0 aliphatic heterocycles. The lowest BCUT2D eigenvalue weighted by Gasteiger charge is -2.28. The van der Waals surface area contributed by atoms with Crippen molar-refractivity contribution < 1.29 is 0 Å². The van der Waals surface area contributed by atoms with Crippen molar-refractivity contribution in [2.75, 3.05) is 6.54 Å². The van der Waals surface area contributed by atoms with Crippen LogP contribution in [0.3, 0.4) is 0 Å². The number of hydrogen-bond donors (Lipinski definition) is 2. The molecule has 0 aromatic heterocycles. The standard InChI is InChI=1S/C17H27N3/c1-13(2)20-16(18)19-12-17(9-4-5-10-17)15-8-6-7-14(3)11-15/h6-8,11,13H,4-5,9-10,12H2,1-3H3,(H3,18,19,20). The van der Waals surface area contributed by atoms with Crippen LogP contribution >= 0.6 is 0 Å². The van der Waals surface area contributed by atoms with Gasteiger partial charge in [0.1, 0.15) is 0 Å². The summed E-state index contributed by atoms with van der Waals surface area (Å²) in [6, 6.07) is 9.21. The van der Waals surface area contributed by atoms with Crippen molar-refractivity contribution in [2.45, 2.75) is 57.9 Å². The van der Waals surface area contributed by atoms with Crippen LogP contribution in [0.5, 0.6) is 0 Å². The summed E-state index contributed by atoms with van der Waals surface area (Å²) < 4.78 is 0. The number of aliphatic imine (C=N–C) groups is 1. The number of nitrogens with two attached hydrogens (primary N) is 1. The predicted octanol–water partition coefficient (Wildman–Crippen LogP) is 3.12. The summed E-state index contributed by atoms with van der Waals surface area (Å²) in [4.78, 5) is 4.61. The van der Waals surface area contributed by atoms with Gasteiger partial charge in [0.05, 0.1) is 6.54 Å². The molecule has 0 saturated heterocycles. The zero-order valence-electron chi connectivity index (χ0n) is 12.9. The SMILES string of the molecule is Cc1cccc(C2(CN=C(N)NC(C)C)CCCC2)c1. The topological polar surface area (TPSA) is 50.4 Å². The molecule has 110 valence electrons. The number of nitrogens with one attached hydrogen (secondary N) is 1. The molecule has 20 heavy (non-hydrogen) atoms. The van der Waals surface area contributed by atoms with Crippen molar-refractivity contribution in [3.05, 3.63) is 35.4 Å². The molecule has 1 saturated carbocycles. The molecular formula is C17H27N3. The van der Waals surface area contributed by atoms with Crippen molar-refractivity contribution in [1.29, 1.82) is 0 Å². The lowest BCUT2D eigenvalue weighted by molar-refractivity contribution is 0.452. The van der Waals surface area contributed by atoms with E-state index in [2.05, 4.69) is 55.3 Å². The van der Waals surface area contributed by atoms with Crippen molar-refractivity contribution in [2.24, 2.45) is 10.7 Å². The maximum atomic E-state index is 5.96. The molecule has 1 aliphatic carbocycles. The van der Waals surface area contributed by atoms with Gasteiger partial charge >= 0.3 is 0 Å². The normalized spacial score (nSPS) is 18.5. The molecular weight excluding hydrogens is 246 g/mol. The second-order valence-corrected chi connectivity index (χ2v) is 6.36. The third-order valence-corrected chi connectivity index (χ3v) is 4.18. The molecule has 0 bridgehead atoms. The fourth-order valence-electron chi connectivity index (χ4n) is 3.14. The number of hydrogen-bond acceptors (Lipinski definition) is 1. The average Bonchev–Trinajstić information content (AvgIpc) is 2.86. The monoisotopic (exact) mass is 273 g/mol. The molecule has 0 amide bonds. The Morgan fingerprint density at radius 2 is 2.05 bits per heavy atom. The zero-order chi connectivity index (χ0) is 14.6. The molecule has 1 aromatic carbocycles. The number of benzene rings is 1. The van der Waals surface area contributed by atoms with Crippen LogP contribution in [0.2, 0.25) is 0 Å². The Morgan fingerprint density at radius 1 is 1.35 bits per heavy atom. The van der Waals surface area contributed by atoms with Crippen LogP contribution in [0.15, 0.2) is 29.3 Å². The molecule has 3 N–H and O–H groups in total. The molecule has 1 fully saturated rings. The van der Waals surface area contributed by atoms with Gasteiger partial charge in [-0.1, -0.05) is 42.7 Å². The molecule has 3 nitrogen and oxygen atoms in total.